The average molecular weight is 1010 g/mol. The van der Waals surface area contributed by atoms with Gasteiger partial charge in [0.05, 0.1) is 0 Å². The molecule has 0 aromatic rings. The molecule has 0 aromatic carbocycles. The lowest BCUT2D eigenvalue weighted by atomic mass is 10.0. The molecule has 1 unspecified atom stereocenters. The van der Waals surface area contributed by atoms with E-state index in [0.29, 0.717) is 19.3 Å². The van der Waals surface area contributed by atoms with Crippen LogP contribution in [0.15, 0.2) is 134 Å². The van der Waals surface area contributed by atoms with E-state index in [1.807, 2.05) is 0 Å². The smallest absolute Gasteiger partial charge is 0.306 e. The molecule has 0 radical (unpaired) electrons. The highest BCUT2D eigenvalue weighted by Gasteiger charge is 2.19. The zero-order valence-electron chi connectivity index (χ0n) is 47.1. The molecular formula is C67H108O6. The molecule has 0 aliphatic rings. The third-order valence-electron chi connectivity index (χ3n) is 12.1. The van der Waals surface area contributed by atoms with Crippen LogP contribution in [0.25, 0.3) is 0 Å². The molecule has 0 aliphatic carbocycles. The summed E-state index contributed by atoms with van der Waals surface area (Å²) in [6.07, 6.45) is 84.5. The predicted octanol–water partition coefficient (Wildman–Crippen LogP) is 20.2. The van der Waals surface area contributed by atoms with E-state index >= 15 is 0 Å². The summed E-state index contributed by atoms with van der Waals surface area (Å²) in [5.74, 6) is -0.983. The van der Waals surface area contributed by atoms with E-state index in [1.165, 1.54) is 77.0 Å². The lowest BCUT2D eigenvalue weighted by Gasteiger charge is -2.18. The molecule has 0 aromatic heterocycles. The third-order valence-corrected chi connectivity index (χ3v) is 12.1. The van der Waals surface area contributed by atoms with Crippen LogP contribution in [0, 0.1) is 0 Å². The molecule has 0 saturated heterocycles. The first-order chi connectivity index (χ1) is 36.0. The van der Waals surface area contributed by atoms with E-state index < -0.39 is 6.10 Å². The molecule has 0 amide bonds. The second-order valence-corrected chi connectivity index (χ2v) is 19.2. The molecule has 6 nitrogen and oxygen atoms in total. The van der Waals surface area contributed by atoms with Crippen LogP contribution in [0.2, 0.25) is 0 Å². The van der Waals surface area contributed by atoms with Gasteiger partial charge in [-0.1, -0.05) is 257 Å². The van der Waals surface area contributed by atoms with Crippen LogP contribution in [0.1, 0.15) is 252 Å². The Bertz CT molecular complexity index is 1580. The summed E-state index contributed by atoms with van der Waals surface area (Å²) in [5.41, 5.74) is 0. The molecule has 0 spiro atoms. The molecule has 1 atom stereocenters. The van der Waals surface area contributed by atoms with Crippen molar-refractivity contribution in [3.8, 4) is 0 Å². The zero-order chi connectivity index (χ0) is 52.9. The second kappa shape index (κ2) is 60.1. The first kappa shape index (κ1) is 68.6. The number of hydrogen-bond donors (Lipinski definition) is 0. The number of rotatable bonds is 52. The van der Waals surface area contributed by atoms with Crippen LogP contribution in [0.4, 0.5) is 0 Å². The largest absolute Gasteiger partial charge is 0.462 e. The number of ether oxygens (including phenoxy) is 3. The van der Waals surface area contributed by atoms with E-state index in [1.54, 1.807) is 0 Å². The molecule has 0 rings (SSSR count). The Hall–Kier alpha value is -4.45. The van der Waals surface area contributed by atoms with E-state index in [9.17, 15) is 14.4 Å². The van der Waals surface area contributed by atoms with Gasteiger partial charge < -0.3 is 14.2 Å². The molecule has 6 heteroatoms. The Balaban J connectivity index is 4.42. The van der Waals surface area contributed by atoms with Gasteiger partial charge in [-0.15, -0.1) is 0 Å². The van der Waals surface area contributed by atoms with Gasteiger partial charge in [0.2, 0.25) is 0 Å². The lowest BCUT2D eigenvalue weighted by Crippen LogP contribution is -2.30. The van der Waals surface area contributed by atoms with Gasteiger partial charge in [-0.2, -0.15) is 0 Å². The molecule has 73 heavy (non-hydrogen) atoms. The van der Waals surface area contributed by atoms with Crippen molar-refractivity contribution in [2.45, 2.75) is 258 Å². The summed E-state index contributed by atoms with van der Waals surface area (Å²) in [7, 11) is 0. The highest BCUT2D eigenvalue weighted by molar-refractivity contribution is 5.71. The fourth-order valence-corrected chi connectivity index (χ4v) is 7.69. The fourth-order valence-electron chi connectivity index (χ4n) is 7.69. The van der Waals surface area contributed by atoms with Crippen LogP contribution in [0.5, 0.6) is 0 Å². The maximum atomic E-state index is 12.8. The molecule has 0 fully saturated rings. The summed E-state index contributed by atoms with van der Waals surface area (Å²) >= 11 is 0. The number of unbranched alkanes of at least 4 members (excludes halogenated alkanes) is 19. The highest BCUT2D eigenvalue weighted by Crippen LogP contribution is 2.14. The van der Waals surface area contributed by atoms with Crippen molar-refractivity contribution in [3.05, 3.63) is 134 Å². The van der Waals surface area contributed by atoms with Crippen molar-refractivity contribution in [1.82, 2.24) is 0 Å². The Morgan fingerprint density at radius 3 is 0.932 bits per heavy atom. The molecule has 0 N–H and O–H groups in total. The monoisotopic (exact) mass is 1010 g/mol. The highest BCUT2D eigenvalue weighted by atomic mass is 16.6. The summed E-state index contributed by atoms with van der Waals surface area (Å²) < 4.78 is 16.8. The zero-order valence-corrected chi connectivity index (χ0v) is 47.1. The van der Waals surface area contributed by atoms with Crippen LogP contribution >= 0.6 is 0 Å². The van der Waals surface area contributed by atoms with Gasteiger partial charge in [0.25, 0.3) is 0 Å². The summed E-state index contributed by atoms with van der Waals surface area (Å²) in [5, 5.41) is 0. The van der Waals surface area contributed by atoms with Gasteiger partial charge in [-0.3, -0.25) is 14.4 Å². The van der Waals surface area contributed by atoms with Gasteiger partial charge in [0.15, 0.2) is 6.10 Å². The molecule has 0 saturated carbocycles. The van der Waals surface area contributed by atoms with Gasteiger partial charge in [-0.25, -0.2) is 0 Å². The minimum Gasteiger partial charge on any atom is -0.462 e. The van der Waals surface area contributed by atoms with Crippen molar-refractivity contribution in [1.29, 1.82) is 0 Å². The third kappa shape index (κ3) is 58.3. The van der Waals surface area contributed by atoms with Crippen LogP contribution in [0.3, 0.4) is 0 Å². The first-order valence-electron chi connectivity index (χ1n) is 29.7. The number of allylic oxidation sites excluding steroid dienone is 22. The summed E-state index contributed by atoms with van der Waals surface area (Å²) in [6.45, 7) is 6.41. The molecule has 0 heterocycles. The standard InChI is InChI=1S/C67H108O6/c1-4-7-10-13-16-19-22-25-27-28-29-30-31-32-33-34-35-36-37-38-39-40-41-43-45-48-51-54-57-60-66(69)72-63-64(62-71-65(68)59-56-53-50-47-44-24-21-18-15-12-9-6-3)73-67(70)61-58-55-52-49-46-42-26-23-20-17-14-11-8-5-2/h7,10,14,16-17,19,23,25-27,29-30,32-33,35-36,38-39,41,43,48,51,64H,4-6,8-9,11-13,15,18,20-22,24,28,31,34,37,40,42,44-47,49-50,52-63H2,1-3H3/b10-7-,17-14-,19-16-,26-23-,27-25-,30-29-,33-32-,36-35-,39-38-,43-41-,51-48-. The topological polar surface area (TPSA) is 78.9 Å². The average Bonchev–Trinajstić information content (AvgIpc) is 3.39. The van der Waals surface area contributed by atoms with E-state index in [-0.39, 0.29) is 37.5 Å². The van der Waals surface area contributed by atoms with Gasteiger partial charge in [-0.05, 0) is 109 Å². The van der Waals surface area contributed by atoms with E-state index in [2.05, 4.69) is 154 Å². The van der Waals surface area contributed by atoms with Crippen molar-refractivity contribution >= 4 is 17.9 Å². The first-order valence-corrected chi connectivity index (χ1v) is 29.7. The summed E-state index contributed by atoms with van der Waals surface area (Å²) in [4.78, 5) is 38.1. The SMILES string of the molecule is CC/C=C\C/C=C\C/C=C\C/C=C\C/C=C\C/C=C\C/C=C\C/C=C\C/C=C\CCCC(=O)OCC(COC(=O)CCCCCCCCCCCCCC)OC(=O)CCCCCCC/C=C\C/C=C\CCCC. The summed E-state index contributed by atoms with van der Waals surface area (Å²) in [6, 6.07) is 0. The van der Waals surface area contributed by atoms with Gasteiger partial charge in [0.1, 0.15) is 13.2 Å². The lowest BCUT2D eigenvalue weighted by molar-refractivity contribution is -0.167. The molecule has 0 aliphatic heterocycles. The molecular weight excluding hydrogens is 901 g/mol. The maximum Gasteiger partial charge on any atom is 0.306 e. The number of carbonyl (C=O) groups excluding carboxylic acids is 3. The van der Waals surface area contributed by atoms with Crippen LogP contribution in [-0.4, -0.2) is 37.2 Å². The van der Waals surface area contributed by atoms with Gasteiger partial charge in [0, 0.05) is 19.3 Å². The van der Waals surface area contributed by atoms with Crippen molar-refractivity contribution in [3.63, 3.8) is 0 Å². The minimum atomic E-state index is -0.811. The van der Waals surface area contributed by atoms with E-state index in [0.717, 1.165) is 128 Å². The predicted molar refractivity (Wildman–Crippen MR) is 316 cm³/mol. The van der Waals surface area contributed by atoms with Crippen molar-refractivity contribution in [2.24, 2.45) is 0 Å². The Kier molecular flexibility index (Phi) is 56.4. The number of esters is 3. The van der Waals surface area contributed by atoms with Crippen LogP contribution < -0.4 is 0 Å². The van der Waals surface area contributed by atoms with Crippen molar-refractivity contribution in [2.75, 3.05) is 13.2 Å². The fraction of sp³-hybridized carbons (Fsp3) is 0.627. The second-order valence-electron chi connectivity index (χ2n) is 19.2. The Morgan fingerprint density at radius 2 is 0.562 bits per heavy atom. The number of carbonyl (C=O) groups is 3. The maximum absolute atomic E-state index is 12.8. The number of hydrogen-bond acceptors (Lipinski definition) is 6. The van der Waals surface area contributed by atoms with Gasteiger partial charge >= 0.3 is 17.9 Å². The van der Waals surface area contributed by atoms with Crippen LogP contribution in [-0.2, 0) is 28.6 Å². The quantitative estimate of drug-likeness (QED) is 0.0261. The van der Waals surface area contributed by atoms with Crippen molar-refractivity contribution < 1.29 is 28.6 Å². The molecule has 412 valence electrons. The minimum absolute atomic E-state index is 0.103. The molecule has 0 bridgehead atoms. The van der Waals surface area contributed by atoms with E-state index in [4.69, 9.17) is 14.2 Å². The normalized spacial score (nSPS) is 13.1. The Labute approximate surface area is 449 Å². The Morgan fingerprint density at radius 1 is 0.288 bits per heavy atom.